The minimum atomic E-state index is -0.875. The van der Waals surface area contributed by atoms with E-state index >= 15 is 0 Å². The summed E-state index contributed by atoms with van der Waals surface area (Å²) in [4.78, 5) is 54.6. The maximum atomic E-state index is 14.2. The van der Waals surface area contributed by atoms with E-state index in [9.17, 15) is 24.3 Å². The Morgan fingerprint density at radius 3 is 2.33 bits per heavy atom. The van der Waals surface area contributed by atoms with E-state index in [1.807, 2.05) is 60.7 Å². The Morgan fingerprint density at radius 1 is 1.02 bits per heavy atom. The maximum Gasteiger partial charge on any atom is 0.408 e. The number of amides is 2. The molecule has 1 fully saturated rings. The zero-order valence-electron chi connectivity index (χ0n) is 27.0. The van der Waals surface area contributed by atoms with Crippen molar-refractivity contribution >= 4 is 62.9 Å². The predicted octanol–water partition coefficient (Wildman–Crippen LogP) is 6.75. The van der Waals surface area contributed by atoms with Crippen LogP contribution in [0.3, 0.4) is 0 Å². The highest BCUT2D eigenvalue weighted by Gasteiger charge is 2.54. The van der Waals surface area contributed by atoms with Crippen LogP contribution >= 0.6 is 34.9 Å². The van der Waals surface area contributed by atoms with Gasteiger partial charge in [-0.1, -0.05) is 78.5 Å². The summed E-state index contributed by atoms with van der Waals surface area (Å²) < 4.78 is 13.1. The first-order valence-electron chi connectivity index (χ1n) is 15.5. The van der Waals surface area contributed by atoms with Crippen LogP contribution in [0.4, 0.5) is 4.79 Å². The number of rotatable bonds is 9. The largest absolute Gasteiger partial charge is 0.448 e. The zero-order chi connectivity index (χ0) is 34.7. The van der Waals surface area contributed by atoms with Gasteiger partial charge in [-0.05, 0) is 66.7 Å². The number of hydrogen-bond acceptors (Lipinski definition) is 10. The third kappa shape index (κ3) is 7.78. The molecule has 2 aliphatic rings. The average Bonchev–Trinajstić information content (AvgIpc) is 3.09. The van der Waals surface area contributed by atoms with Gasteiger partial charge in [0.2, 0.25) is 0 Å². The normalized spacial score (nSPS) is 17.7. The molecule has 2 aliphatic heterocycles. The van der Waals surface area contributed by atoms with Crippen LogP contribution < -0.4 is 10.7 Å². The first-order chi connectivity index (χ1) is 23.5. The summed E-state index contributed by atoms with van der Waals surface area (Å²) in [6.07, 6.45) is 0.314. The second-order valence-electron chi connectivity index (χ2n) is 12.4. The molecule has 0 bridgehead atoms. The number of alkyl carbamates (subject to hydrolysis) is 1. The molecule has 6 rings (SSSR count). The second-order valence-corrected chi connectivity index (χ2v) is 15.7. The Kier molecular flexibility index (Phi) is 10.3. The summed E-state index contributed by atoms with van der Waals surface area (Å²) in [5, 5.41) is 14.0. The van der Waals surface area contributed by atoms with E-state index in [4.69, 9.17) is 9.47 Å². The first-order valence-corrected chi connectivity index (χ1v) is 18.3. The van der Waals surface area contributed by atoms with Gasteiger partial charge in [-0.2, -0.15) is 0 Å². The molecule has 9 nitrogen and oxygen atoms in total. The van der Waals surface area contributed by atoms with Gasteiger partial charge < -0.3 is 19.9 Å². The fourth-order valence-corrected chi connectivity index (χ4v) is 8.82. The standard InChI is InChI=1S/C37H34N2O7S3/c1-37(2,3)46-36(44)38-30-33(42)39-31(35(43)45-32(23-10-6-4-7-11-23)24-12-8-5-9-13-24)25(21-48-34(30)39)16-17-47-29-19-27(41)26-15-14-22(20-40)18-28(26)49-29/h4-19,30,32,34,40H,20-21H2,1-3H3,(H,38,44)/b17-16+/t30-,34-/m1/s1. The van der Waals surface area contributed by atoms with E-state index in [1.54, 1.807) is 56.5 Å². The minimum absolute atomic E-state index is 0.101. The average molecular weight is 715 g/mol. The van der Waals surface area contributed by atoms with Crippen molar-refractivity contribution < 1.29 is 29.0 Å². The number of allylic oxidation sites excluding steroid dienone is 1. The number of β-lactam (4-membered cyclic amide) rings is 1. The Labute approximate surface area is 296 Å². The van der Waals surface area contributed by atoms with Crippen LogP contribution in [0, 0.1) is 0 Å². The predicted molar refractivity (Wildman–Crippen MR) is 193 cm³/mol. The Bertz CT molecular complexity index is 1970. The van der Waals surface area contributed by atoms with Gasteiger partial charge in [-0.15, -0.1) is 23.1 Å². The lowest BCUT2D eigenvalue weighted by molar-refractivity contribution is -0.153. The number of thioether (sulfide) groups is 2. The molecule has 0 saturated carbocycles. The molecular formula is C37H34N2O7S3. The van der Waals surface area contributed by atoms with E-state index in [1.165, 1.54) is 39.8 Å². The highest BCUT2D eigenvalue weighted by atomic mass is 32.2. The van der Waals surface area contributed by atoms with Crippen LogP contribution in [0.15, 0.2) is 117 Å². The smallest absolute Gasteiger partial charge is 0.408 e. The van der Waals surface area contributed by atoms with E-state index < -0.39 is 41.1 Å². The summed E-state index contributed by atoms with van der Waals surface area (Å²) in [5.41, 5.74) is 2.05. The molecule has 3 aromatic carbocycles. The number of hydrogen-bond donors (Lipinski definition) is 2. The highest BCUT2D eigenvalue weighted by Crippen LogP contribution is 2.42. The number of aliphatic hydroxyl groups excluding tert-OH is 1. The number of carbonyl (C=O) groups excluding carboxylic acids is 3. The summed E-state index contributed by atoms with van der Waals surface area (Å²) in [6, 6.07) is 24.7. The number of nitrogens with one attached hydrogen (secondary N) is 1. The lowest BCUT2D eigenvalue weighted by Gasteiger charge is -2.49. The molecule has 1 aromatic heterocycles. The highest BCUT2D eigenvalue weighted by molar-refractivity contribution is 8.04. The molecule has 0 spiro atoms. The molecule has 2 atom stereocenters. The molecule has 0 unspecified atom stereocenters. The van der Waals surface area contributed by atoms with Crippen molar-refractivity contribution in [2.24, 2.45) is 0 Å². The lowest BCUT2D eigenvalue weighted by Crippen LogP contribution is -2.70. The van der Waals surface area contributed by atoms with Crippen LogP contribution in [-0.2, 0) is 25.7 Å². The van der Waals surface area contributed by atoms with Gasteiger partial charge in [0.05, 0.1) is 10.8 Å². The Morgan fingerprint density at radius 2 is 1.69 bits per heavy atom. The van der Waals surface area contributed by atoms with Gasteiger partial charge >= 0.3 is 12.1 Å². The van der Waals surface area contributed by atoms with Crippen molar-refractivity contribution in [3.05, 3.63) is 135 Å². The van der Waals surface area contributed by atoms with Crippen molar-refractivity contribution in [2.75, 3.05) is 5.75 Å². The molecule has 252 valence electrons. The van der Waals surface area contributed by atoms with Gasteiger partial charge in [0.15, 0.2) is 11.5 Å². The molecule has 1 saturated heterocycles. The molecule has 0 radical (unpaired) electrons. The van der Waals surface area contributed by atoms with Gasteiger partial charge in [0.1, 0.15) is 22.7 Å². The van der Waals surface area contributed by atoms with Crippen LogP contribution in [-0.4, -0.2) is 50.7 Å². The topological polar surface area (TPSA) is 122 Å². The quantitative estimate of drug-likeness (QED) is 0.110. The number of ether oxygens (including phenoxy) is 2. The third-order valence-corrected chi connectivity index (χ3v) is 11.0. The number of benzene rings is 3. The summed E-state index contributed by atoms with van der Waals surface area (Å²) in [5.74, 6) is -0.766. The molecule has 49 heavy (non-hydrogen) atoms. The van der Waals surface area contributed by atoms with E-state index in [0.717, 1.165) is 20.0 Å². The van der Waals surface area contributed by atoms with Crippen molar-refractivity contribution in [3.8, 4) is 0 Å². The molecular weight excluding hydrogens is 681 g/mol. The van der Waals surface area contributed by atoms with Gasteiger partial charge in [0.25, 0.3) is 5.91 Å². The maximum absolute atomic E-state index is 14.2. The first kappa shape index (κ1) is 34.5. The molecule has 3 heterocycles. The fraction of sp³-hybridized carbons (Fsp3) is 0.243. The Balaban J connectivity index is 1.32. The SMILES string of the molecule is CC(C)(C)OC(=O)N[C@@H]1C(=O)N2C(C(=O)OC(c3ccccc3)c3ccccc3)=C(/C=C/Sc3cc(=O)c4ccc(CO)cc4s3)CS[C@H]12. The van der Waals surface area contributed by atoms with Crippen molar-refractivity contribution in [1.29, 1.82) is 0 Å². The van der Waals surface area contributed by atoms with E-state index in [-0.39, 0.29) is 17.7 Å². The molecule has 12 heteroatoms. The zero-order valence-corrected chi connectivity index (χ0v) is 29.4. The number of carbonyl (C=O) groups is 3. The number of aliphatic hydroxyl groups is 1. The van der Waals surface area contributed by atoms with E-state index in [0.29, 0.717) is 22.3 Å². The van der Waals surface area contributed by atoms with Gasteiger partial charge in [-0.25, -0.2) is 9.59 Å². The van der Waals surface area contributed by atoms with Gasteiger partial charge in [-0.3, -0.25) is 14.5 Å². The second kappa shape index (κ2) is 14.6. The lowest BCUT2D eigenvalue weighted by atomic mass is 10.0. The number of esters is 1. The van der Waals surface area contributed by atoms with Crippen LogP contribution in [0.25, 0.3) is 10.1 Å². The van der Waals surface area contributed by atoms with Crippen LogP contribution in [0.2, 0.25) is 0 Å². The van der Waals surface area contributed by atoms with Gasteiger partial charge in [0, 0.05) is 21.9 Å². The third-order valence-electron chi connectivity index (χ3n) is 7.70. The molecule has 4 aromatic rings. The molecule has 2 amide bonds. The van der Waals surface area contributed by atoms with E-state index in [2.05, 4.69) is 5.32 Å². The molecule has 0 aliphatic carbocycles. The van der Waals surface area contributed by atoms with Crippen molar-refractivity contribution in [1.82, 2.24) is 10.2 Å². The number of fused-ring (bicyclic) bond motifs is 2. The fourth-order valence-electron chi connectivity index (χ4n) is 5.46. The Hall–Kier alpha value is -4.36. The summed E-state index contributed by atoms with van der Waals surface area (Å²) in [6.45, 7) is 5.09. The number of nitrogens with zero attached hydrogens (tertiary/aromatic N) is 1. The van der Waals surface area contributed by atoms with Crippen LogP contribution in [0.5, 0.6) is 0 Å². The summed E-state index contributed by atoms with van der Waals surface area (Å²) >= 11 is 4.16. The van der Waals surface area contributed by atoms with Crippen molar-refractivity contribution in [2.45, 2.75) is 54.7 Å². The van der Waals surface area contributed by atoms with Crippen LogP contribution in [0.1, 0.15) is 43.6 Å². The minimum Gasteiger partial charge on any atom is -0.448 e. The monoisotopic (exact) mass is 714 g/mol. The molecule has 2 N–H and O–H groups in total. The van der Waals surface area contributed by atoms with Crippen molar-refractivity contribution in [3.63, 3.8) is 0 Å². The summed E-state index contributed by atoms with van der Waals surface area (Å²) in [7, 11) is 0.